The summed E-state index contributed by atoms with van der Waals surface area (Å²) in [5.74, 6) is 0.702. The predicted molar refractivity (Wildman–Crippen MR) is 111 cm³/mol. The van der Waals surface area contributed by atoms with Crippen molar-refractivity contribution in [1.82, 2.24) is 14.9 Å². The molecule has 1 saturated heterocycles. The van der Waals surface area contributed by atoms with Crippen molar-refractivity contribution >= 4 is 28.5 Å². The molecule has 0 unspecified atom stereocenters. The van der Waals surface area contributed by atoms with Crippen molar-refractivity contribution in [3.63, 3.8) is 0 Å². The Morgan fingerprint density at radius 1 is 1.07 bits per heavy atom. The Labute approximate surface area is 169 Å². The van der Waals surface area contributed by atoms with Gasteiger partial charge in [0.15, 0.2) is 0 Å². The van der Waals surface area contributed by atoms with Crippen LogP contribution >= 0.6 is 0 Å². The zero-order valence-corrected chi connectivity index (χ0v) is 16.3. The van der Waals surface area contributed by atoms with E-state index in [1.165, 1.54) is 17.7 Å². The highest BCUT2D eigenvalue weighted by atomic mass is 16.2. The molecule has 2 heterocycles. The SMILES string of the molecule is Cc1cc2ncnc(NC3CC3)c2cc1-c1cccc(CN2C(=O)CCC2=O)c1. The van der Waals surface area contributed by atoms with Gasteiger partial charge < -0.3 is 5.32 Å². The van der Waals surface area contributed by atoms with Gasteiger partial charge in [-0.3, -0.25) is 14.5 Å². The fraction of sp³-hybridized carbons (Fsp3) is 0.304. The molecule has 2 fully saturated rings. The molecule has 1 aromatic heterocycles. The van der Waals surface area contributed by atoms with Crippen molar-refractivity contribution in [3.8, 4) is 11.1 Å². The van der Waals surface area contributed by atoms with Crippen LogP contribution in [-0.2, 0) is 16.1 Å². The van der Waals surface area contributed by atoms with E-state index < -0.39 is 0 Å². The number of rotatable bonds is 5. The summed E-state index contributed by atoms with van der Waals surface area (Å²) in [7, 11) is 0. The van der Waals surface area contributed by atoms with Gasteiger partial charge in [0, 0.05) is 24.3 Å². The third-order valence-corrected chi connectivity index (χ3v) is 5.63. The number of amides is 2. The number of nitrogens with one attached hydrogen (secondary N) is 1. The minimum atomic E-state index is -0.0878. The van der Waals surface area contributed by atoms with Gasteiger partial charge >= 0.3 is 0 Å². The lowest BCUT2D eigenvalue weighted by Gasteiger charge is -2.15. The monoisotopic (exact) mass is 386 g/mol. The highest BCUT2D eigenvalue weighted by Crippen LogP contribution is 2.33. The van der Waals surface area contributed by atoms with Gasteiger partial charge in [0.05, 0.1) is 12.1 Å². The Morgan fingerprint density at radius 2 is 1.86 bits per heavy atom. The molecule has 1 saturated carbocycles. The van der Waals surface area contributed by atoms with E-state index in [1.807, 2.05) is 12.1 Å². The fourth-order valence-electron chi connectivity index (χ4n) is 3.87. The molecule has 6 heteroatoms. The first kappa shape index (κ1) is 17.8. The zero-order valence-electron chi connectivity index (χ0n) is 16.3. The summed E-state index contributed by atoms with van der Waals surface area (Å²) in [6.45, 7) is 2.40. The number of hydrogen-bond donors (Lipinski definition) is 1. The van der Waals surface area contributed by atoms with Gasteiger partial charge in [-0.1, -0.05) is 18.2 Å². The zero-order chi connectivity index (χ0) is 20.0. The molecule has 0 atom stereocenters. The molecular weight excluding hydrogens is 364 g/mol. The average molecular weight is 386 g/mol. The van der Waals surface area contributed by atoms with E-state index in [0.717, 1.165) is 39.0 Å². The van der Waals surface area contributed by atoms with Crippen LogP contribution in [0.4, 0.5) is 5.82 Å². The number of benzene rings is 2. The second-order valence-electron chi connectivity index (χ2n) is 7.90. The molecule has 0 spiro atoms. The van der Waals surface area contributed by atoms with Crippen molar-refractivity contribution < 1.29 is 9.59 Å². The van der Waals surface area contributed by atoms with Crippen molar-refractivity contribution in [3.05, 3.63) is 53.9 Å². The molecule has 146 valence electrons. The van der Waals surface area contributed by atoms with Gasteiger partial charge in [0.2, 0.25) is 11.8 Å². The van der Waals surface area contributed by atoms with Crippen LogP contribution in [-0.4, -0.2) is 32.7 Å². The Kier molecular flexibility index (Phi) is 4.27. The molecule has 1 aliphatic carbocycles. The minimum absolute atomic E-state index is 0.0878. The maximum Gasteiger partial charge on any atom is 0.229 e. The molecular formula is C23H22N4O2. The summed E-state index contributed by atoms with van der Waals surface area (Å²) < 4.78 is 0. The van der Waals surface area contributed by atoms with Crippen molar-refractivity contribution in [1.29, 1.82) is 0 Å². The fourth-order valence-corrected chi connectivity index (χ4v) is 3.87. The number of carbonyl (C=O) groups is 2. The molecule has 1 N–H and O–H groups in total. The summed E-state index contributed by atoms with van der Waals surface area (Å²) in [6.07, 6.45) is 4.61. The van der Waals surface area contributed by atoms with Gasteiger partial charge in [-0.15, -0.1) is 0 Å². The molecule has 0 radical (unpaired) electrons. The number of likely N-dealkylation sites (tertiary alicyclic amines) is 1. The number of hydrogen-bond acceptors (Lipinski definition) is 5. The highest BCUT2D eigenvalue weighted by Gasteiger charge is 2.28. The quantitative estimate of drug-likeness (QED) is 0.675. The van der Waals surface area contributed by atoms with Crippen LogP contribution in [0.1, 0.15) is 36.8 Å². The van der Waals surface area contributed by atoms with E-state index in [-0.39, 0.29) is 11.8 Å². The third kappa shape index (κ3) is 3.46. The number of fused-ring (bicyclic) bond motifs is 1. The first-order valence-electron chi connectivity index (χ1n) is 10.0. The van der Waals surface area contributed by atoms with Crippen LogP contribution in [0, 0.1) is 6.92 Å². The molecule has 29 heavy (non-hydrogen) atoms. The van der Waals surface area contributed by atoms with Gasteiger partial charge in [-0.2, -0.15) is 0 Å². The maximum atomic E-state index is 12.0. The number of aromatic nitrogens is 2. The summed E-state index contributed by atoms with van der Waals surface area (Å²) in [5, 5.41) is 4.50. The van der Waals surface area contributed by atoms with E-state index >= 15 is 0 Å². The van der Waals surface area contributed by atoms with Crippen molar-refractivity contribution in [2.75, 3.05) is 5.32 Å². The van der Waals surface area contributed by atoms with E-state index in [9.17, 15) is 9.59 Å². The topological polar surface area (TPSA) is 75.2 Å². The summed E-state index contributed by atoms with van der Waals surface area (Å²) in [5.41, 5.74) is 5.16. The van der Waals surface area contributed by atoms with E-state index in [2.05, 4.69) is 46.5 Å². The van der Waals surface area contributed by atoms with Gasteiger partial charge in [0.25, 0.3) is 0 Å². The second-order valence-corrected chi connectivity index (χ2v) is 7.90. The Bertz CT molecular complexity index is 1120. The lowest BCUT2D eigenvalue weighted by molar-refractivity contribution is -0.139. The Balaban J connectivity index is 1.52. The molecule has 0 bridgehead atoms. The molecule has 1 aliphatic heterocycles. The standard InChI is InChI=1S/C23H22N4O2/c1-14-9-20-19(23(25-13-24-20)26-17-5-6-17)11-18(14)16-4-2-3-15(10-16)12-27-21(28)7-8-22(27)29/h2-4,9-11,13,17H,5-8,12H2,1H3,(H,24,25,26). The molecule has 3 aromatic rings. The first-order chi connectivity index (χ1) is 14.1. The lowest BCUT2D eigenvalue weighted by atomic mass is 9.96. The predicted octanol–water partition coefficient (Wildman–Crippen LogP) is 3.83. The smallest absolute Gasteiger partial charge is 0.229 e. The summed E-state index contributed by atoms with van der Waals surface area (Å²) >= 11 is 0. The van der Waals surface area contributed by atoms with Crippen LogP contribution in [0.25, 0.3) is 22.0 Å². The lowest BCUT2D eigenvalue weighted by Crippen LogP contribution is -2.28. The highest BCUT2D eigenvalue weighted by molar-refractivity contribution is 6.01. The van der Waals surface area contributed by atoms with Crippen molar-refractivity contribution in [2.24, 2.45) is 0 Å². The molecule has 2 aromatic carbocycles. The molecule has 2 aliphatic rings. The summed E-state index contributed by atoms with van der Waals surface area (Å²) in [4.78, 5) is 34.2. The molecule has 5 rings (SSSR count). The van der Waals surface area contributed by atoms with E-state index in [1.54, 1.807) is 6.33 Å². The van der Waals surface area contributed by atoms with Gasteiger partial charge in [0.1, 0.15) is 12.1 Å². The second kappa shape index (κ2) is 6.95. The molecule has 6 nitrogen and oxygen atoms in total. The van der Waals surface area contributed by atoms with Crippen LogP contribution in [0.2, 0.25) is 0 Å². The maximum absolute atomic E-state index is 12.0. The normalized spacial score (nSPS) is 16.7. The van der Waals surface area contributed by atoms with Gasteiger partial charge in [-0.05, 0) is 60.2 Å². The first-order valence-corrected chi connectivity index (χ1v) is 10.0. The number of aryl methyl sites for hydroxylation is 1. The van der Waals surface area contributed by atoms with Gasteiger partial charge in [-0.25, -0.2) is 9.97 Å². The number of nitrogens with zero attached hydrogens (tertiary/aromatic N) is 3. The Hall–Kier alpha value is -3.28. The number of anilines is 1. The third-order valence-electron chi connectivity index (χ3n) is 5.63. The minimum Gasteiger partial charge on any atom is -0.367 e. The molecule has 2 amide bonds. The largest absolute Gasteiger partial charge is 0.367 e. The number of carbonyl (C=O) groups excluding carboxylic acids is 2. The van der Waals surface area contributed by atoms with Crippen LogP contribution in [0.15, 0.2) is 42.7 Å². The number of imide groups is 1. The van der Waals surface area contributed by atoms with E-state index in [4.69, 9.17) is 0 Å². The summed E-state index contributed by atoms with van der Waals surface area (Å²) in [6, 6.07) is 12.8. The van der Waals surface area contributed by atoms with Crippen molar-refractivity contribution in [2.45, 2.75) is 45.2 Å². The van der Waals surface area contributed by atoms with Crippen LogP contribution < -0.4 is 5.32 Å². The Morgan fingerprint density at radius 3 is 2.62 bits per heavy atom. The van der Waals surface area contributed by atoms with Crippen LogP contribution in [0.5, 0.6) is 0 Å². The average Bonchev–Trinajstić information content (AvgIpc) is 3.48. The van der Waals surface area contributed by atoms with E-state index in [0.29, 0.717) is 25.4 Å². The van der Waals surface area contributed by atoms with Crippen LogP contribution in [0.3, 0.4) is 0 Å².